The second kappa shape index (κ2) is 8.29. The lowest BCUT2D eigenvalue weighted by molar-refractivity contribution is -0.125. The summed E-state index contributed by atoms with van der Waals surface area (Å²) in [6, 6.07) is 6.99. The van der Waals surface area contributed by atoms with Gasteiger partial charge < -0.3 is 16.0 Å². The van der Waals surface area contributed by atoms with Crippen LogP contribution in [0.15, 0.2) is 24.3 Å². The minimum absolute atomic E-state index is 0.0184. The van der Waals surface area contributed by atoms with Crippen molar-refractivity contribution in [2.75, 3.05) is 13.1 Å². The van der Waals surface area contributed by atoms with E-state index in [9.17, 15) is 9.59 Å². The molecule has 1 heterocycles. The van der Waals surface area contributed by atoms with Crippen LogP contribution in [0.1, 0.15) is 43.1 Å². The molecule has 3 atom stereocenters. The fraction of sp³-hybridized carbons (Fsp3) is 0.579. The number of benzene rings is 1. The van der Waals surface area contributed by atoms with Gasteiger partial charge in [-0.05, 0) is 43.4 Å². The molecule has 0 aliphatic carbocycles. The molecule has 24 heavy (non-hydrogen) atoms. The maximum Gasteiger partial charge on any atom is 0.252 e. The monoisotopic (exact) mass is 331 g/mol. The number of hydrogen-bond acceptors (Lipinski definition) is 3. The number of rotatable bonds is 5. The fourth-order valence-electron chi connectivity index (χ4n) is 3.04. The summed E-state index contributed by atoms with van der Waals surface area (Å²) in [6.07, 6.45) is 1.05. The number of amides is 2. The first-order chi connectivity index (χ1) is 11.4. The molecular formula is C19H29N3O2. The van der Waals surface area contributed by atoms with Crippen molar-refractivity contribution in [3.8, 4) is 0 Å². The van der Waals surface area contributed by atoms with Crippen LogP contribution in [0, 0.1) is 18.8 Å². The van der Waals surface area contributed by atoms with Crippen LogP contribution in [-0.2, 0) is 4.79 Å². The van der Waals surface area contributed by atoms with Gasteiger partial charge in [0.05, 0.1) is 0 Å². The van der Waals surface area contributed by atoms with Crippen molar-refractivity contribution >= 4 is 11.8 Å². The van der Waals surface area contributed by atoms with E-state index in [0.29, 0.717) is 11.5 Å². The highest BCUT2D eigenvalue weighted by atomic mass is 16.2. The molecule has 0 radical (unpaired) electrons. The number of nitrogens with one attached hydrogen (secondary N) is 3. The molecule has 0 bridgehead atoms. The van der Waals surface area contributed by atoms with Gasteiger partial charge in [0, 0.05) is 18.2 Å². The van der Waals surface area contributed by atoms with E-state index in [2.05, 4.69) is 22.9 Å². The number of carbonyl (C=O) groups is 2. The Morgan fingerprint density at radius 2 is 1.96 bits per heavy atom. The quantitative estimate of drug-likeness (QED) is 0.771. The third-order valence-corrected chi connectivity index (χ3v) is 4.78. The minimum Gasteiger partial charge on any atom is -0.350 e. The van der Waals surface area contributed by atoms with Crippen molar-refractivity contribution in [2.24, 2.45) is 11.8 Å². The molecule has 1 aliphatic heterocycles. The molecule has 1 aromatic rings. The zero-order valence-electron chi connectivity index (χ0n) is 15.1. The molecule has 0 saturated carbocycles. The Bertz CT molecular complexity index is 586. The molecule has 5 heteroatoms. The van der Waals surface area contributed by atoms with E-state index in [1.165, 1.54) is 0 Å². The number of hydrogen-bond donors (Lipinski definition) is 3. The summed E-state index contributed by atoms with van der Waals surface area (Å²) < 4.78 is 0. The molecule has 1 aromatic carbocycles. The maximum absolute atomic E-state index is 12.7. The summed E-state index contributed by atoms with van der Waals surface area (Å²) in [4.78, 5) is 25.2. The van der Waals surface area contributed by atoms with Gasteiger partial charge in [0.15, 0.2) is 0 Å². The zero-order valence-corrected chi connectivity index (χ0v) is 15.1. The first kappa shape index (κ1) is 18.5. The second-order valence-electron chi connectivity index (χ2n) is 7.10. The number of carbonyl (C=O) groups excluding carboxylic acids is 2. The van der Waals surface area contributed by atoms with Gasteiger partial charge in [0.25, 0.3) is 5.91 Å². The molecular weight excluding hydrogens is 302 g/mol. The molecule has 1 fully saturated rings. The lowest BCUT2D eigenvalue weighted by atomic mass is 9.93. The summed E-state index contributed by atoms with van der Waals surface area (Å²) in [6.45, 7) is 9.72. The van der Waals surface area contributed by atoms with Gasteiger partial charge in [-0.3, -0.25) is 9.59 Å². The summed E-state index contributed by atoms with van der Waals surface area (Å²) in [5.74, 6) is 0.157. The predicted molar refractivity (Wildman–Crippen MR) is 95.9 cm³/mol. The summed E-state index contributed by atoms with van der Waals surface area (Å²) in [7, 11) is 0. The normalized spacial score (nSPS) is 22.0. The highest BCUT2D eigenvalue weighted by molar-refractivity contribution is 5.98. The average molecular weight is 331 g/mol. The SMILES string of the molecule is Cc1ccccc1C(=O)NC(C(=O)NC1CNCCC1C)C(C)C. The topological polar surface area (TPSA) is 70.2 Å². The van der Waals surface area contributed by atoms with Crippen LogP contribution in [0.25, 0.3) is 0 Å². The van der Waals surface area contributed by atoms with Crippen molar-refractivity contribution < 1.29 is 9.59 Å². The molecule has 0 spiro atoms. The van der Waals surface area contributed by atoms with Crippen LogP contribution in [0.5, 0.6) is 0 Å². The van der Waals surface area contributed by atoms with E-state index >= 15 is 0 Å². The van der Waals surface area contributed by atoms with E-state index in [4.69, 9.17) is 0 Å². The summed E-state index contributed by atoms with van der Waals surface area (Å²) >= 11 is 0. The van der Waals surface area contributed by atoms with Crippen LogP contribution in [-0.4, -0.2) is 37.0 Å². The molecule has 5 nitrogen and oxygen atoms in total. The number of aryl methyl sites for hydroxylation is 1. The lowest BCUT2D eigenvalue weighted by Crippen LogP contribution is -2.57. The standard InChI is InChI=1S/C19H29N3O2/c1-12(2)17(19(24)21-16-11-20-10-9-14(16)4)22-18(23)15-8-6-5-7-13(15)3/h5-8,12,14,16-17,20H,9-11H2,1-4H3,(H,21,24)(H,22,23). The third-order valence-electron chi connectivity index (χ3n) is 4.78. The third kappa shape index (κ3) is 4.57. The Kier molecular flexibility index (Phi) is 6.37. The molecule has 3 unspecified atom stereocenters. The minimum atomic E-state index is -0.536. The van der Waals surface area contributed by atoms with Crippen LogP contribution < -0.4 is 16.0 Å². The van der Waals surface area contributed by atoms with Crippen LogP contribution in [0.2, 0.25) is 0 Å². The van der Waals surface area contributed by atoms with E-state index in [0.717, 1.165) is 25.1 Å². The highest BCUT2D eigenvalue weighted by Crippen LogP contribution is 2.13. The van der Waals surface area contributed by atoms with E-state index in [-0.39, 0.29) is 23.8 Å². The van der Waals surface area contributed by atoms with E-state index < -0.39 is 6.04 Å². The van der Waals surface area contributed by atoms with Crippen molar-refractivity contribution in [3.63, 3.8) is 0 Å². The zero-order chi connectivity index (χ0) is 17.7. The van der Waals surface area contributed by atoms with Crippen molar-refractivity contribution in [1.82, 2.24) is 16.0 Å². The van der Waals surface area contributed by atoms with Crippen molar-refractivity contribution in [3.05, 3.63) is 35.4 Å². The maximum atomic E-state index is 12.7. The predicted octanol–water partition coefficient (Wildman–Crippen LogP) is 1.86. The van der Waals surface area contributed by atoms with Crippen molar-refractivity contribution in [1.29, 1.82) is 0 Å². The van der Waals surface area contributed by atoms with Gasteiger partial charge in [-0.2, -0.15) is 0 Å². The highest BCUT2D eigenvalue weighted by Gasteiger charge is 2.29. The smallest absolute Gasteiger partial charge is 0.252 e. The largest absolute Gasteiger partial charge is 0.350 e. The average Bonchev–Trinajstić information content (AvgIpc) is 2.54. The van der Waals surface area contributed by atoms with Gasteiger partial charge in [-0.1, -0.05) is 39.0 Å². The molecule has 2 amide bonds. The fourth-order valence-corrected chi connectivity index (χ4v) is 3.04. The van der Waals surface area contributed by atoms with E-state index in [1.54, 1.807) is 6.07 Å². The molecule has 132 valence electrons. The Hall–Kier alpha value is -1.88. The lowest BCUT2D eigenvalue weighted by Gasteiger charge is -2.32. The molecule has 0 aromatic heterocycles. The second-order valence-corrected chi connectivity index (χ2v) is 7.10. The molecule has 1 saturated heterocycles. The van der Waals surface area contributed by atoms with Crippen LogP contribution in [0.4, 0.5) is 0 Å². The van der Waals surface area contributed by atoms with Crippen molar-refractivity contribution in [2.45, 2.75) is 46.2 Å². The Morgan fingerprint density at radius 1 is 1.25 bits per heavy atom. The van der Waals surface area contributed by atoms with Gasteiger partial charge >= 0.3 is 0 Å². The number of piperidine rings is 1. The van der Waals surface area contributed by atoms with Gasteiger partial charge in [-0.25, -0.2) is 0 Å². The van der Waals surface area contributed by atoms with Crippen LogP contribution >= 0.6 is 0 Å². The Labute approximate surface area is 144 Å². The molecule has 3 N–H and O–H groups in total. The van der Waals surface area contributed by atoms with Gasteiger partial charge in [0.2, 0.25) is 5.91 Å². The van der Waals surface area contributed by atoms with E-state index in [1.807, 2.05) is 39.0 Å². The summed E-state index contributed by atoms with van der Waals surface area (Å²) in [5.41, 5.74) is 1.52. The first-order valence-corrected chi connectivity index (χ1v) is 8.77. The molecule has 2 rings (SSSR count). The summed E-state index contributed by atoms with van der Waals surface area (Å²) in [5, 5.41) is 9.32. The van der Waals surface area contributed by atoms with Crippen LogP contribution in [0.3, 0.4) is 0 Å². The Morgan fingerprint density at radius 3 is 2.58 bits per heavy atom. The molecule has 1 aliphatic rings. The first-order valence-electron chi connectivity index (χ1n) is 8.77. The van der Waals surface area contributed by atoms with Gasteiger partial charge in [-0.15, -0.1) is 0 Å². The Balaban J connectivity index is 2.04. The van der Waals surface area contributed by atoms with Gasteiger partial charge in [0.1, 0.15) is 6.04 Å².